The lowest BCUT2D eigenvalue weighted by atomic mass is 9.74. The molecule has 0 spiro atoms. The third-order valence-electron chi connectivity index (χ3n) is 4.38. The molecule has 5 heteroatoms. The molecular weight excluding hydrogens is 311 g/mol. The Hall–Kier alpha value is 0.110. The first-order chi connectivity index (χ1) is 9.94. The fourth-order valence-corrected chi connectivity index (χ4v) is 4.28. The largest absolute Gasteiger partial charge is 0.470 e. The normalized spacial score (nSPS) is 19.3. The van der Waals surface area contributed by atoms with Crippen LogP contribution in [0.3, 0.4) is 0 Å². The van der Waals surface area contributed by atoms with Gasteiger partial charge in [0.1, 0.15) is 0 Å². The minimum atomic E-state index is -4.51. The molecule has 0 aliphatic heterocycles. The zero-order chi connectivity index (χ0) is 18.7. The summed E-state index contributed by atoms with van der Waals surface area (Å²) in [5.41, 5.74) is -0.453. The number of rotatable bonds is 8. The van der Waals surface area contributed by atoms with Gasteiger partial charge in [-0.3, -0.25) is 4.52 Å². The van der Waals surface area contributed by atoms with E-state index < -0.39 is 13.4 Å². The van der Waals surface area contributed by atoms with Crippen LogP contribution in [0, 0.1) is 22.7 Å². The zero-order valence-electron chi connectivity index (χ0n) is 16.6. The molecule has 0 aromatic heterocycles. The van der Waals surface area contributed by atoms with Crippen molar-refractivity contribution in [1.82, 2.24) is 0 Å². The molecule has 3 atom stereocenters. The molecule has 3 unspecified atom stereocenters. The van der Waals surface area contributed by atoms with Gasteiger partial charge in [0.05, 0.1) is 5.60 Å². The molecule has 0 aliphatic rings. The Morgan fingerprint density at radius 3 is 1.70 bits per heavy atom. The summed E-state index contributed by atoms with van der Waals surface area (Å²) in [5, 5.41) is 0. The Balaban J connectivity index is 5.04. The van der Waals surface area contributed by atoms with Gasteiger partial charge in [-0.25, -0.2) is 4.57 Å². The van der Waals surface area contributed by atoms with Crippen LogP contribution in [0.5, 0.6) is 0 Å². The number of phosphoric ester groups is 1. The van der Waals surface area contributed by atoms with Gasteiger partial charge < -0.3 is 9.79 Å². The summed E-state index contributed by atoms with van der Waals surface area (Å²) in [5.74, 6) is 0.563. The van der Waals surface area contributed by atoms with Gasteiger partial charge in [-0.2, -0.15) is 0 Å². The van der Waals surface area contributed by atoms with E-state index in [2.05, 4.69) is 48.5 Å². The van der Waals surface area contributed by atoms with Gasteiger partial charge in [-0.1, -0.05) is 55.4 Å². The second-order valence-electron chi connectivity index (χ2n) is 9.97. The number of phosphoric acid groups is 1. The van der Waals surface area contributed by atoms with Crippen LogP contribution in [0.1, 0.15) is 88.0 Å². The summed E-state index contributed by atoms with van der Waals surface area (Å²) in [7, 11) is -4.51. The smallest absolute Gasteiger partial charge is 0.303 e. The van der Waals surface area contributed by atoms with Gasteiger partial charge in [0.25, 0.3) is 0 Å². The minimum Gasteiger partial charge on any atom is -0.303 e. The lowest BCUT2D eigenvalue weighted by Crippen LogP contribution is -2.38. The maximum absolute atomic E-state index is 11.5. The van der Waals surface area contributed by atoms with Crippen LogP contribution in [0.4, 0.5) is 0 Å². The van der Waals surface area contributed by atoms with E-state index in [0.29, 0.717) is 12.3 Å². The monoisotopic (exact) mass is 350 g/mol. The lowest BCUT2D eigenvalue weighted by Gasteiger charge is -2.39. The Labute approximate surface area is 143 Å². The Bertz CT molecular complexity index is 402. The molecule has 0 saturated carbocycles. The van der Waals surface area contributed by atoms with E-state index in [1.807, 2.05) is 13.8 Å². The molecule has 0 rings (SSSR count). The highest BCUT2D eigenvalue weighted by Gasteiger charge is 2.40. The molecule has 0 fully saturated rings. The van der Waals surface area contributed by atoms with Gasteiger partial charge in [-0.05, 0) is 55.3 Å². The van der Waals surface area contributed by atoms with Crippen molar-refractivity contribution in [2.75, 3.05) is 0 Å². The van der Waals surface area contributed by atoms with E-state index >= 15 is 0 Å². The molecule has 0 bridgehead atoms. The standard InChI is InChI=1S/C18H39O4P/c1-14(12-16(3,4)5)10-11-18(9,22-23(19,20)21)15(2)13-17(6,7)8/h14-15H,10-13H2,1-9H3,(H2,19,20,21). The van der Waals surface area contributed by atoms with E-state index in [4.69, 9.17) is 4.52 Å². The van der Waals surface area contributed by atoms with Crippen molar-refractivity contribution in [1.29, 1.82) is 0 Å². The fourth-order valence-electron chi connectivity index (χ4n) is 3.47. The first-order valence-corrected chi connectivity index (χ1v) is 10.2. The van der Waals surface area contributed by atoms with Crippen molar-refractivity contribution in [3.8, 4) is 0 Å². The second kappa shape index (κ2) is 7.99. The topological polar surface area (TPSA) is 66.8 Å². The second-order valence-corrected chi connectivity index (χ2v) is 11.1. The SMILES string of the molecule is CC(CCC(C)(OP(=O)(O)O)C(C)CC(C)(C)C)CC(C)(C)C. The summed E-state index contributed by atoms with van der Waals surface area (Å²) in [6.07, 6.45) is 3.51. The third-order valence-corrected chi connectivity index (χ3v) is 5.04. The molecule has 23 heavy (non-hydrogen) atoms. The van der Waals surface area contributed by atoms with Crippen LogP contribution < -0.4 is 0 Å². The molecule has 0 radical (unpaired) electrons. The van der Waals surface area contributed by atoms with E-state index in [1.54, 1.807) is 0 Å². The average Bonchev–Trinajstić information content (AvgIpc) is 2.19. The highest BCUT2D eigenvalue weighted by molar-refractivity contribution is 7.46. The summed E-state index contributed by atoms with van der Waals surface area (Å²) in [6.45, 7) is 19.2. The van der Waals surface area contributed by atoms with E-state index in [9.17, 15) is 14.4 Å². The van der Waals surface area contributed by atoms with Crippen molar-refractivity contribution in [3.63, 3.8) is 0 Å². The zero-order valence-corrected chi connectivity index (χ0v) is 17.5. The van der Waals surface area contributed by atoms with Crippen molar-refractivity contribution < 1.29 is 18.9 Å². The molecule has 140 valence electrons. The Morgan fingerprint density at radius 2 is 1.35 bits per heavy atom. The molecule has 0 aliphatic carbocycles. The predicted molar refractivity (Wildman–Crippen MR) is 97.2 cm³/mol. The molecule has 0 saturated heterocycles. The predicted octanol–water partition coefficient (Wildman–Crippen LogP) is 5.78. The van der Waals surface area contributed by atoms with Crippen molar-refractivity contribution in [2.24, 2.45) is 22.7 Å². The lowest BCUT2D eigenvalue weighted by molar-refractivity contribution is -0.0203. The molecular formula is C18H39O4P. The molecule has 0 aromatic carbocycles. The van der Waals surface area contributed by atoms with Crippen LogP contribution in [-0.4, -0.2) is 15.4 Å². The van der Waals surface area contributed by atoms with Crippen LogP contribution >= 0.6 is 7.82 Å². The van der Waals surface area contributed by atoms with Gasteiger partial charge in [0, 0.05) is 0 Å². The highest BCUT2D eigenvalue weighted by atomic mass is 31.2. The molecule has 0 heterocycles. The average molecular weight is 350 g/mol. The minimum absolute atomic E-state index is 0.0666. The highest BCUT2D eigenvalue weighted by Crippen LogP contribution is 2.48. The first-order valence-electron chi connectivity index (χ1n) is 8.70. The number of hydrogen-bond acceptors (Lipinski definition) is 2. The quantitative estimate of drug-likeness (QED) is 0.545. The molecule has 2 N–H and O–H groups in total. The molecule has 0 amide bonds. The van der Waals surface area contributed by atoms with Gasteiger partial charge in [0.2, 0.25) is 0 Å². The van der Waals surface area contributed by atoms with Crippen molar-refractivity contribution >= 4 is 7.82 Å². The molecule has 4 nitrogen and oxygen atoms in total. The maximum Gasteiger partial charge on any atom is 0.470 e. The summed E-state index contributed by atoms with van der Waals surface area (Å²) < 4.78 is 16.7. The Morgan fingerprint density at radius 1 is 0.913 bits per heavy atom. The van der Waals surface area contributed by atoms with E-state index in [0.717, 1.165) is 19.3 Å². The molecule has 0 aromatic rings. The van der Waals surface area contributed by atoms with E-state index in [-0.39, 0.29) is 16.7 Å². The van der Waals surface area contributed by atoms with Crippen LogP contribution in [0.25, 0.3) is 0 Å². The van der Waals surface area contributed by atoms with Crippen LogP contribution in [0.2, 0.25) is 0 Å². The maximum atomic E-state index is 11.5. The van der Waals surface area contributed by atoms with Crippen LogP contribution in [-0.2, 0) is 9.09 Å². The Kier molecular flexibility index (Phi) is 8.03. The van der Waals surface area contributed by atoms with Crippen molar-refractivity contribution in [3.05, 3.63) is 0 Å². The third kappa shape index (κ3) is 11.3. The van der Waals surface area contributed by atoms with Crippen LogP contribution in [0.15, 0.2) is 0 Å². The van der Waals surface area contributed by atoms with Gasteiger partial charge in [0.15, 0.2) is 0 Å². The fraction of sp³-hybridized carbons (Fsp3) is 1.00. The van der Waals surface area contributed by atoms with Gasteiger partial charge >= 0.3 is 7.82 Å². The van der Waals surface area contributed by atoms with Crippen molar-refractivity contribution in [2.45, 2.75) is 93.6 Å². The van der Waals surface area contributed by atoms with E-state index in [1.165, 1.54) is 0 Å². The summed E-state index contributed by atoms with van der Waals surface area (Å²) in [6, 6.07) is 0. The first kappa shape index (κ1) is 23.1. The van der Waals surface area contributed by atoms with Gasteiger partial charge in [-0.15, -0.1) is 0 Å². The summed E-state index contributed by atoms with van der Waals surface area (Å²) in [4.78, 5) is 18.7. The summed E-state index contributed by atoms with van der Waals surface area (Å²) >= 11 is 0. The number of hydrogen-bond donors (Lipinski definition) is 2.